The standard InChI is InChI=1S/C19H25N5O3/c1-2-7-24-16-15(18(26)23-19(24)27)12(8-14(22-16)11-5-6-11)17(25)21-9-13(20)10-3-4-10/h8,10-11,13H,2-7,9,20H2,1H3,(H,21,25)(H,23,26,27). The fourth-order valence-corrected chi connectivity index (χ4v) is 3.49. The van der Waals surface area contributed by atoms with E-state index in [1.807, 2.05) is 6.92 Å². The molecule has 0 saturated heterocycles. The van der Waals surface area contributed by atoms with Crippen molar-refractivity contribution in [2.45, 2.75) is 57.5 Å². The Labute approximate surface area is 156 Å². The third kappa shape index (κ3) is 3.53. The highest BCUT2D eigenvalue weighted by atomic mass is 16.2. The van der Waals surface area contributed by atoms with Crippen LogP contribution >= 0.6 is 0 Å². The summed E-state index contributed by atoms with van der Waals surface area (Å²) in [7, 11) is 0. The molecule has 1 amide bonds. The lowest BCUT2D eigenvalue weighted by molar-refractivity contribution is 0.0951. The molecular weight excluding hydrogens is 346 g/mol. The van der Waals surface area contributed by atoms with Gasteiger partial charge in [-0.3, -0.25) is 19.1 Å². The van der Waals surface area contributed by atoms with E-state index in [0.29, 0.717) is 37.0 Å². The molecule has 8 nitrogen and oxygen atoms in total. The summed E-state index contributed by atoms with van der Waals surface area (Å²) in [6, 6.07) is 1.63. The fraction of sp³-hybridized carbons (Fsp3) is 0.579. The first kappa shape index (κ1) is 17.9. The SMILES string of the molecule is CCCn1c(=O)[nH]c(=O)c2c(C(=O)NCC(N)C3CC3)cc(C3CC3)nc21. The van der Waals surface area contributed by atoms with Crippen LogP contribution in [0.2, 0.25) is 0 Å². The highest BCUT2D eigenvalue weighted by Crippen LogP contribution is 2.40. The molecule has 4 N–H and O–H groups in total. The third-order valence-corrected chi connectivity index (χ3v) is 5.38. The summed E-state index contributed by atoms with van der Waals surface area (Å²) in [4.78, 5) is 44.6. The van der Waals surface area contributed by atoms with Crippen molar-refractivity contribution < 1.29 is 4.79 Å². The molecule has 0 spiro atoms. The average molecular weight is 371 g/mol. The summed E-state index contributed by atoms with van der Waals surface area (Å²) < 4.78 is 1.45. The maximum absolute atomic E-state index is 12.9. The Morgan fingerprint density at radius 2 is 2.11 bits per heavy atom. The normalized spacial score (nSPS) is 17.9. The van der Waals surface area contributed by atoms with Crippen LogP contribution in [0.3, 0.4) is 0 Å². The van der Waals surface area contributed by atoms with Crippen molar-refractivity contribution in [2.24, 2.45) is 11.7 Å². The number of aromatic amines is 1. The van der Waals surface area contributed by atoms with Crippen LogP contribution in [0.15, 0.2) is 15.7 Å². The average Bonchev–Trinajstić information content (AvgIpc) is 3.54. The fourth-order valence-electron chi connectivity index (χ4n) is 3.49. The van der Waals surface area contributed by atoms with Gasteiger partial charge in [0.15, 0.2) is 5.65 Å². The predicted octanol–water partition coefficient (Wildman–Crippen LogP) is 0.839. The predicted molar refractivity (Wildman–Crippen MR) is 102 cm³/mol. The molecule has 0 radical (unpaired) electrons. The number of carbonyl (C=O) groups excluding carboxylic acids is 1. The molecule has 1 unspecified atom stereocenters. The van der Waals surface area contributed by atoms with Crippen molar-refractivity contribution in [3.8, 4) is 0 Å². The minimum Gasteiger partial charge on any atom is -0.350 e. The second kappa shape index (κ2) is 6.92. The first-order chi connectivity index (χ1) is 13.0. The number of H-pyrrole nitrogens is 1. The zero-order valence-corrected chi connectivity index (χ0v) is 15.5. The van der Waals surface area contributed by atoms with Gasteiger partial charge in [-0.05, 0) is 44.1 Å². The Bertz CT molecular complexity index is 1000. The van der Waals surface area contributed by atoms with Gasteiger partial charge in [0, 0.05) is 30.7 Å². The monoisotopic (exact) mass is 371 g/mol. The Balaban J connectivity index is 1.80. The molecule has 8 heteroatoms. The van der Waals surface area contributed by atoms with Gasteiger partial charge in [0.1, 0.15) is 0 Å². The van der Waals surface area contributed by atoms with Gasteiger partial charge in [0.05, 0.1) is 10.9 Å². The molecule has 27 heavy (non-hydrogen) atoms. The van der Waals surface area contributed by atoms with Crippen LogP contribution in [0.1, 0.15) is 61.0 Å². The first-order valence-electron chi connectivity index (χ1n) is 9.71. The molecule has 2 saturated carbocycles. The lowest BCUT2D eigenvalue weighted by atomic mass is 10.1. The molecular formula is C19H25N5O3. The van der Waals surface area contributed by atoms with E-state index in [-0.39, 0.29) is 22.9 Å². The van der Waals surface area contributed by atoms with Crippen LogP contribution in [0.4, 0.5) is 0 Å². The molecule has 0 bridgehead atoms. The molecule has 2 fully saturated rings. The van der Waals surface area contributed by atoms with Gasteiger partial charge in [-0.15, -0.1) is 0 Å². The van der Waals surface area contributed by atoms with E-state index in [0.717, 1.165) is 31.4 Å². The number of carbonyl (C=O) groups is 1. The van der Waals surface area contributed by atoms with Crippen LogP contribution in [0.25, 0.3) is 11.0 Å². The highest BCUT2D eigenvalue weighted by Gasteiger charge is 2.30. The Morgan fingerprint density at radius 3 is 2.74 bits per heavy atom. The van der Waals surface area contributed by atoms with Gasteiger partial charge in [-0.1, -0.05) is 6.92 Å². The summed E-state index contributed by atoms with van der Waals surface area (Å²) in [6.45, 7) is 2.75. The number of nitrogens with zero attached hydrogens (tertiary/aromatic N) is 2. The molecule has 0 aromatic carbocycles. The molecule has 2 aliphatic rings. The third-order valence-electron chi connectivity index (χ3n) is 5.38. The van der Waals surface area contributed by atoms with Crippen molar-refractivity contribution in [3.05, 3.63) is 38.2 Å². The van der Waals surface area contributed by atoms with Crippen LogP contribution in [0.5, 0.6) is 0 Å². The maximum atomic E-state index is 12.9. The number of amides is 1. The zero-order valence-electron chi connectivity index (χ0n) is 15.5. The van der Waals surface area contributed by atoms with E-state index in [1.165, 1.54) is 4.57 Å². The van der Waals surface area contributed by atoms with E-state index in [4.69, 9.17) is 5.73 Å². The van der Waals surface area contributed by atoms with Crippen LogP contribution in [0, 0.1) is 5.92 Å². The summed E-state index contributed by atoms with van der Waals surface area (Å²) in [6.07, 6.45) is 4.93. The minimum absolute atomic E-state index is 0.0680. The summed E-state index contributed by atoms with van der Waals surface area (Å²) >= 11 is 0. The Morgan fingerprint density at radius 1 is 1.37 bits per heavy atom. The van der Waals surface area contributed by atoms with Crippen molar-refractivity contribution in [1.29, 1.82) is 0 Å². The lowest BCUT2D eigenvalue weighted by Crippen LogP contribution is -2.39. The van der Waals surface area contributed by atoms with E-state index >= 15 is 0 Å². The van der Waals surface area contributed by atoms with Crippen molar-refractivity contribution in [1.82, 2.24) is 19.9 Å². The van der Waals surface area contributed by atoms with Gasteiger partial charge in [-0.2, -0.15) is 0 Å². The van der Waals surface area contributed by atoms with E-state index in [1.54, 1.807) is 6.07 Å². The van der Waals surface area contributed by atoms with Crippen LogP contribution < -0.4 is 22.3 Å². The molecule has 2 heterocycles. The number of hydrogen-bond acceptors (Lipinski definition) is 5. The number of hydrogen-bond donors (Lipinski definition) is 3. The number of rotatable bonds is 7. The second-order valence-corrected chi connectivity index (χ2v) is 7.69. The van der Waals surface area contributed by atoms with Crippen molar-refractivity contribution in [3.63, 3.8) is 0 Å². The topological polar surface area (TPSA) is 123 Å². The van der Waals surface area contributed by atoms with Gasteiger partial charge in [0.2, 0.25) is 0 Å². The number of pyridine rings is 1. The molecule has 1 atom stereocenters. The number of nitrogens with one attached hydrogen (secondary N) is 2. The van der Waals surface area contributed by atoms with Crippen molar-refractivity contribution >= 4 is 16.9 Å². The van der Waals surface area contributed by atoms with E-state index in [2.05, 4.69) is 15.3 Å². The summed E-state index contributed by atoms with van der Waals surface area (Å²) in [5.41, 5.74) is 6.36. The number of nitrogens with two attached hydrogens (primary N) is 1. The molecule has 2 aromatic rings. The van der Waals surface area contributed by atoms with Gasteiger partial charge in [-0.25, -0.2) is 9.78 Å². The number of aromatic nitrogens is 3. The number of fused-ring (bicyclic) bond motifs is 1. The maximum Gasteiger partial charge on any atom is 0.329 e. The lowest BCUT2D eigenvalue weighted by Gasteiger charge is -2.15. The highest BCUT2D eigenvalue weighted by molar-refractivity contribution is 6.05. The zero-order chi connectivity index (χ0) is 19.1. The summed E-state index contributed by atoms with van der Waals surface area (Å²) in [5.74, 6) is 0.423. The molecule has 2 aromatic heterocycles. The first-order valence-corrected chi connectivity index (χ1v) is 9.71. The van der Waals surface area contributed by atoms with E-state index < -0.39 is 11.2 Å². The van der Waals surface area contributed by atoms with Gasteiger partial charge in [0.25, 0.3) is 11.5 Å². The van der Waals surface area contributed by atoms with Crippen LogP contribution in [-0.2, 0) is 6.54 Å². The molecule has 4 rings (SSSR count). The van der Waals surface area contributed by atoms with Crippen LogP contribution in [-0.4, -0.2) is 33.0 Å². The molecule has 0 aliphatic heterocycles. The van der Waals surface area contributed by atoms with Gasteiger partial charge >= 0.3 is 5.69 Å². The Kier molecular flexibility index (Phi) is 4.59. The second-order valence-electron chi connectivity index (χ2n) is 7.69. The van der Waals surface area contributed by atoms with E-state index in [9.17, 15) is 14.4 Å². The largest absolute Gasteiger partial charge is 0.350 e. The molecule has 144 valence electrons. The molecule has 2 aliphatic carbocycles. The van der Waals surface area contributed by atoms with Crippen molar-refractivity contribution in [2.75, 3.05) is 6.54 Å². The minimum atomic E-state index is -0.575. The van der Waals surface area contributed by atoms with Gasteiger partial charge < -0.3 is 11.1 Å². The smallest absolute Gasteiger partial charge is 0.329 e. The summed E-state index contributed by atoms with van der Waals surface area (Å²) in [5, 5.41) is 3.03. The number of aryl methyl sites for hydroxylation is 1. The Hall–Kier alpha value is -2.48. The quantitative estimate of drug-likeness (QED) is 0.665.